The number of carbonyl (C=O) groups is 2. The first kappa shape index (κ1) is 13.5. The van der Waals surface area contributed by atoms with Crippen LogP contribution in [-0.4, -0.2) is 67.0 Å². The normalized spacial score (nSPS) is 16.2. The number of likely N-dealkylation sites (N-methyl/N-ethyl adjacent to an activating group) is 1. The fourth-order valence-corrected chi connectivity index (χ4v) is 1.93. The van der Waals surface area contributed by atoms with E-state index in [0.29, 0.717) is 24.3 Å². The Kier molecular flexibility index (Phi) is 4.11. The highest BCUT2D eigenvalue weighted by atomic mass is 16.5. The first-order chi connectivity index (χ1) is 9.11. The van der Waals surface area contributed by atoms with Crippen molar-refractivity contribution in [1.82, 2.24) is 14.8 Å². The zero-order chi connectivity index (χ0) is 13.8. The zero-order valence-corrected chi connectivity index (χ0v) is 11.1. The molecule has 1 amide bonds. The fourth-order valence-electron chi connectivity index (χ4n) is 1.93. The summed E-state index contributed by atoms with van der Waals surface area (Å²) in [5.74, 6) is -0.546. The van der Waals surface area contributed by atoms with E-state index in [1.807, 2.05) is 7.05 Å². The van der Waals surface area contributed by atoms with E-state index < -0.39 is 5.97 Å². The van der Waals surface area contributed by atoms with Gasteiger partial charge in [-0.2, -0.15) is 0 Å². The molecule has 1 saturated heterocycles. The molecular weight excluding hydrogens is 246 g/mol. The van der Waals surface area contributed by atoms with E-state index in [4.69, 9.17) is 0 Å². The number of aromatic nitrogens is 1. The van der Waals surface area contributed by atoms with Crippen LogP contribution < -0.4 is 0 Å². The Bertz CT molecular complexity index is 465. The van der Waals surface area contributed by atoms with E-state index in [0.717, 1.165) is 13.1 Å². The number of piperazine rings is 1. The van der Waals surface area contributed by atoms with Gasteiger partial charge in [-0.25, -0.2) is 4.79 Å². The Balaban J connectivity index is 2.05. The average Bonchev–Trinajstić information content (AvgIpc) is 2.46. The Hall–Kier alpha value is -1.95. The third-order valence-electron chi connectivity index (χ3n) is 3.19. The molecule has 2 rings (SSSR count). The van der Waals surface area contributed by atoms with Crippen molar-refractivity contribution < 1.29 is 14.3 Å². The first-order valence-corrected chi connectivity index (χ1v) is 6.14. The molecule has 1 aromatic rings. The predicted molar refractivity (Wildman–Crippen MR) is 69.0 cm³/mol. The summed E-state index contributed by atoms with van der Waals surface area (Å²) in [6.45, 7) is 3.14. The molecule has 6 heteroatoms. The summed E-state index contributed by atoms with van der Waals surface area (Å²) in [5.41, 5.74) is 0.703. The van der Waals surface area contributed by atoms with Crippen molar-refractivity contribution in [2.24, 2.45) is 0 Å². The second-order valence-corrected chi connectivity index (χ2v) is 4.52. The van der Waals surface area contributed by atoms with E-state index in [1.54, 1.807) is 17.0 Å². The molecule has 0 bridgehead atoms. The van der Waals surface area contributed by atoms with Crippen LogP contribution >= 0.6 is 0 Å². The molecule has 1 aromatic heterocycles. The van der Waals surface area contributed by atoms with Crippen molar-refractivity contribution >= 4 is 11.9 Å². The van der Waals surface area contributed by atoms with E-state index >= 15 is 0 Å². The van der Waals surface area contributed by atoms with Gasteiger partial charge in [0.15, 0.2) is 0 Å². The Morgan fingerprint density at radius 2 is 1.89 bits per heavy atom. The molecule has 1 aliphatic heterocycles. The van der Waals surface area contributed by atoms with Crippen LogP contribution in [0.25, 0.3) is 0 Å². The smallest absolute Gasteiger partial charge is 0.339 e. The Labute approximate surface area is 112 Å². The molecule has 1 fully saturated rings. The fraction of sp³-hybridized carbons (Fsp3) is 0.462. The van der Waals surface area contributed by atoms with Crippen LogP contribution in [0.4, 0.5) is 0 Å². The minimum Gasteiger partial charge on any atom is -0.465 e. The van der Waals surface area contributed by atoms with E-state index in [1.165, 1.54) is 13.3 Å². The van der Waals surface area contributed by atoms with Gasteiger partial charge in [-0.15, -0.1) is 0 Å². The molecule has 0 unspecified atom stereocenters. The molecule has 19 heavy (non-hydrogen) atoms. The number of carbonyl (C=O) groups excluding carboxylic acids is 2. The van der Waals surface area contributed by atoms with E-state index in [-0.39, 0.29) is 5.91 Å². The summed E-state index contributed by atoms with van der Waals surface area (Å²) >= 11 is 0. The second kappa shape index (κ2) is 5.79. The molecule has 0 aromatic carbocycles. The van der Waals surface area contributed by atoms with Gasteiger partial charge in [-0.1, -0.05) is 0 Å². The topological polar surface area (TPSA) is 62.7 Å². The van der Waals surface area contributed by atoms with Gasteiger partial charge in [0.2, 0.25) is 0 Å². The maximum Gasteiger partial charge on any atom is 0.339 e. The summed E-state index contributed by atoms with van der Waals surface area (Å²) in [5, 5.41) is 0. The molecule has 6 nitrogen and oxygen atoms in total. The monoisotopic (exact) mass is 263 g/mol. The lowest BCUT2D eigenvalue weighted by Gasteiger charge is -2.32. The van der Waals surface area contributed by atoms with Crippen molar-refractivity contribution in [2.45, 2.75) is 0 Å². The van der Waals surface area contributed by atoms with Crippen LogP contribution in [0.3, 0.4) is 0 Å². The van der Waals surface area contributed by atoms with Crippen LogP contribution in [0.5, 0.6) is 0 Å². The highest BCUT2D eigenvalue weighted by molar-refractivity contribution is 5.94. The molecule has 0 N–H and O–H groups in total. The standard InChI is InChI=1S/C13H17N3O3/c1-15-5-7-16(8-6-15)12(17)11-4-3-10(9-14-11)13(18)19-2/h3-4,9H,5-8H2,1-2H3. The molecule has 0 atom stereocenters. The molecule has 0 saturated carbocycles. The van der Waals surface area contributed by atoms with Gasteiger partial charge in [0.25, 0.3) is 5.91 Å². The van der Waals surface area contributed by atoms with Crippen LogP contribution in [0.2, 0.25) is 0 Å². The largest absolute Gasteiger partial charge is 0.465 e. The summed E-state index contributed by atoms with van der Waals surface area (Å²) in [4.78, 5) is 31.4. The lowest BCUT2D eigenvalue weighted by Crippen LogP contribution is -2.47. The van der Waals surface area contributed by atoms with Crippen LogP contribution in [0.1, 0.15) is 20.8 Å². The number of ether oxygens (including phenoxy) is 1. The van der Waals surface area contributed by atoms with E-state index in [2.05, 4.69) is 14.6 Å². The van der Waals surface area contributed by atoms with Crippen molar-refractivity contribution in [3.8, 4) is 0 Å². The molecule has 1 aliphatic rings. The second-order valence-electron chi connectivity index (χ2n) is 4.52. The zero-order valence-electron chi connectivity index (χ0n) is 11.1. The van der Waals surface area contributed by atoms with Gasteiger partial charge < -0.3 is 14.5 Å². The average molecular weight is 263 g/mol. The van der Waals surface area contributed by atoms with Gasteiger partial charge in [-0.3, -0.25) is 9.78 Å². The van der Waals surface area contributed by atoms with Gasteiger partial charge in [0, 0.05) is 32.4 Å². The lowest BCUT2D eigenvalue weighted by atomic mass is 10.2. The summed E-state index contributed by atoms with van der Waals surface area (Å²) < 4.78 is 4.58. The lowest BCUT2D eigenvalue weighted by molar-refractivity contribution is 0.0597. The Morgan fingerprint density at radius 3 is 2.42 bits per heavy atom. The minimum atomic E-state index is -0.453. The number of esters is 1. The number of hydrogen-bond donors (Lipinski definition) is 0. The predicted octanol–water partition coefficient (Wildman–Crippen LogP) is 0.256. The van der Waals surface area contributed by atoms with Crippen LogP contribution in [-0.2, 0) is 4.74 Å². The highest BCUT2D eigenvalue weighted by Gasteiger charge is 2.21. The van der Waals surface area contributed by atoms with E-state index in [9.17, 15) is 9.59 Å². The molecule has 102 valence electrons. The number of methoxy groups -OCH3 is 1. The quantitative estimate of drug-likeness (QED) is 0.716. The summed E-state index contributed by atoms with van der Waals surface area (Å²) in [6, 6.07) is 3.12. The van der Waals surface area contributed by atoms with Crippen molar-refractivity contribution in [1.29, 1.82) is 0 Å². The molecular formula is C13H17N3O3. The highest BCUT2D eigenvalue weighted by Crippen LogP contribution is 2.07. The van der Waals surface area contributed by atoms with Gasteiger partial charge in [-0.05, 0) is 19.2 Å². The number of rotatable bonds is 2. The summed E-state index contributed by atoms with van der Waals surface area (Å²) in [6.07, 6.45) is 1.37. The van der Waals surface area contributed by atoms with Crippen molar-refractivity contribution in [3.63, 3.8) is 0 Å². The number of pyridine rings is 1. The molecule has 0 radical (unpaired) electrons. The van der Waals surface area contributed by atoms with Crippen molar-refractivity contribution in [3.05, 3.63) is 29.6 Å². The van der Waals surface area contributed by atoms with Gasteiger partial charge >= 0.3 is 5.97 Å². The SMILES string of the molecule is COC(=O)c1ccc(C(=O)N2CCN(C)CC2)nc1. The van der Waals surface area contributed by atoms with Crippen LogP contribution in [0, 0.1) is 0 Å². The third kappa shape index (κ3) is 3.08. The van der Waals surface area contributed by atoms with Crippen molar-refractivity contribution in [2.75, 3.05) is 40.3 Å². The van der Waals surface area contributed by atoms with Gasteiger partial charge in [0.05, 0.1) is 12.7 Å². The molecule has 2 heterocycles. The maximum atomic E-state index is 12.2. The third-order valence-corrected chi connectivity index (χ3v) is 3.19. The Morgan fingerprint density at radius 1 is 1.21 bits per heavy atom. The number of hydrogen-bond acceptors (Lipinski definition) is 5. The van der Waals surface area contributed by atoms with Gasteiger partial charge in [0.1, 0.15) is 5.69 Å². The maximum absolute atomic E-state index is 12.2. The molecule has 0 aliphatic carbocycles. The minimum absolute atomic E-state index is 0.0930. The molecule has 0 spiro atoms. The summed E-state index contributed by atoms with van der Waals surface area (Å²) in [7, 11) is 3.34. The van der Waals surface area contributed by atoms with Crippen LogP contribution in [0.15, 0.2) is 18.3 Å². The number of amides is 1. The first-order valence-electron chi connectivity index (χ1n) is 6.14. The number of nitrogens with zero attached hydrogens (tertiary/aromatic N) is 3.